The third kappa shape index (κ3) is 4.35. The van der Waals surface area contributed by atoms with Crippen LogP contribution in [-0.2, 0) is 4.79 Å². The SMILES string of the molecule is CN(C)c1cccc(OCC(C(=O)O)C(F)(F)F)c1. The molecule has 0 radical (unpaired) electrons. The van der Waals surface area contributed by atoms with Crippen molar-refractivity contribution in [3.63, 3.8) is 0 Å². The number of benzene rings is 1. The highest BCUT2D eigenvalue weighted by atomic mass is 19.4. The molecule has 0 aliphatic rings. The molecule has 0 aliphatic carbocycles. The second kappa shape index (κ2) is 5.81. The van der Waals surface area contributed by atoms with Gasteiger partial charge in [0.15, 0.2) is 5.92 Å². The molecule has 1 atom stereocenters. The molecule has 0 amide bonds. The molecule has 1 N–H and O–H groups in total. The molecule has 106 valence electrons. The van der Waals surface area contributed by atoms with Gasteiger partial charge in [0.1, 0.15) is 12.4 Å². The van der Waals surface area contributed by atoms with Crippen LogP contribution in [0.5, 0.6) is 5.75 Å². The summed E-state index contributed by atoms with van der Waals surface area (Å²) < 4.78 is 42.2. The second-order valence-electron chi connectivity index (χ2n) is 4.14. The van der Waals surface area contributed by atoms with E-state index in [2.05, 4.69) is 0 Å². The van der Waals surface area contributed by atoms with Crippen molar-refractivity contribution in [3.05, 3.63) is 24.3 Å². The maximum absolute atomic E-state index is 12.4. The second-order valence-corrected chi connectivity index (χ2v) is 4.14. The van der Waals surface area contributed by atoms with Gasteiger partial charge >= 0.3 is 12.1 Å². The third-order valence-corrected chi connectivity index (χ3v) is 2.44. The van der Waals surface area contributed by atoms with E-state index in [0.717, 1.165) is 5.69 Å². The van der Waals surface area contributed by atoms with Crippen molar-refractivity contribution in [1.29, 1.82) is 0 Å². The molecule has 0 heterocycles. The molecule has 4 nitrogen and oxygen atoms in total. The van der Waals surface area contributed by atoms with Gasteiger partial charge < -0.3 is 14.7 Å². The minimum atomic E-state index is -4.83. The van der Waals surface area contributed by atoms with Gasteiger partial charge in [0.25, 0.3) is 0 Å². The van der Waals surface area contributed by atoms with Crippen molar-refractivity contribution in [1.82, 2.24) is 0 Å². The van der Waals surface area contributed by atoms with Crippen molar-refractivity contribution < 1.29 is 27.8 Å². The lowest BCUT2D eigenvalue weighted by Gasteiger charge is -2.18. The molecule has 1 unspecified atom stereocenters. The van der Waals surface area contributed by atoms with E-state index in [1.54, 1.807) is 31.1 Å². The fourth-order valence-electron chi connectivity index (χ4n) is 1.34. The summed E-state index contributed by atoms with van der Waals surface area (Å²) in [7, 11) is 3.55. The summed E-state index contributed by atoms with van der Waals surface area (Å²) in [4.78, 5) is 12.3. The number of rotatable bonds is 5. The molecule has 0 saturated heterocycles. The van der Waals surface area contributed by atoms with Crippen LogP contribution in [0.2, 0.25) is 0 Å². The minimum Gasteiger partial charge on any atom is -0.492 e. The first-order valence-corrected chi connectivity index (χ1v) is 5.41. The molecule has 19 heavy (non-hydrogen) atoms. The van der Waals surface area contributed by atoms with Crippen molar-refractivity contribution >= 4 is 11.7 Å². The van der Waals surface area contributed by atoms with Gasteiger partial charge in [-0.25, -0.2) is 0 Å². The molecule has 1 aromatic carbocycles. The number of nitrogens with zero attached hydrogens (tertiary/aromatic N) is 1. The molecular formula is C12H14F3NO3. The van der Waals surface area contributed by atoms with Crippen molar-refractivity contribution in [2.24, 2.45) is 5.92 Å². The first-order valence-electron chi connectivity index (χ1n) is 5.41. The fraction of sp³-hybridized carbons (Fsp3) is 0.417. The lowest BCUT2D eigenvalue weighted by molar-refractivity contribution is -0.198. The van der Waals surface area contributed by atoms with E-state index in [1.165, 1.54) is 12.1 Å². The summed E-state index contributed by atoms with van der Waals surface area (Å²) in [5.41, 5.74) is 0.747. The van der Waals surface area contributed by atoms with E-state index < -0.39 is 24.7 Å². The van der Waals surface area contributed by atoms with Crippen LogP contribution >= 0.6 is 0 Å². The Labute approximate surface area is 108 Å². The third-order valence-electron chi connectivity index (χ3n) is 2.44. The number of hydrogen-bond acceptors (Lipinski definition) is 3. The smallest absolute Gasteiger partial charge is 0.405 e. The zero-order valence-electron chi connectivity index (χ0n) is 10.4. The van der Waals surface area contributed by atoms with Crippen molar-refractivity contribution in [2.45, 2.75) is 6.18 Å². The average Bonchev–Trinajstić information content (AvgIpc) is 2.27. The molecular weight excluding hydrogens is 263 g/mol. The van der Waals surface area contributed by atoms with Crippen LogP contribution in [0.25, 0.3) is 0 Å². The van der Waals surface area contributed by atoms with Crippen LogP contribution < -0.4 is 9.64 Å². The fourth-order valence-corrected chi connectivity index (χ4v) is 1.34. The van der Waals surface area contributed by atoms with Crippen LogP contribution in [-0.4, -0.2) is 38.0 Å². The van der Waals surface area contributed by atoms with E-state index in [1.807, 2.05) is 0 Å². The number of carboxylic acids is 1. The van der Waals surface area contributed by atoms with Gasteiger partial charge in [-0.3, -0.25) is 4.79 Å². The maximum Gasteiger partial charge on any atom is 0.405 e. The summed E-state index contributed by atoms with van der Waals surface area (Å²) in [5.74, 6) is -4.28. The molecule has 0 saturated carbocycles. The van der Waals surface area contributed by atoms with E-state index in [4.69, 9.17) is 9.84 Å². The van der Waals surface area contributed by atoms with Crippen LogP contribution in [0.1, 0.15) is 0 Å². The first kappa shape index (κ1) is 15.1. The maximum atomic E-state index is 12.4. The Morgan fingerprint density at radius 3 is 2.53 bits per heavy atom. The molecule has 7 heteroatoms. The monoisotopic (exact) mass is 277 g/mol. The molecule has 1 aromatic rings. The minimum absolute atomic E-state index is 0.196. The predicted molar refractivity (Wildman–Crippen MR) is 63.4 cm³/mol. The topological polar surface area (TPSA) is 49.8 Å². The number of anilines is 1. The number of aliphatic carboxylic acids is 1. The molecule has 0 spiro atoms. The van der Waals surface area contributed by atoms with Crippen LogP contribution in [0.15, 0.2) is 24.3 Å². The number of halogens is 3. The predicted octanol–water partition coefficient (Wildman–Crippen LogP) is 2.39. The summed E-state index contributed by atoms with van der Waals surface area (Å²) in [6.45, 7) is -0.949. The van der Waals surface area contributed by atoms with Crippen LogP contribution in [0, 0.1) is 5.92 Å². The van der Waals surface area contributed by atoms with Crippen LogP contribution in [0.4, 0.5) is 18.9 Å². The Hall–Kier alpha value is -1.92. The number of ether oxygens (including phenoxy) is 1. The van der Waals surface area contributed by atoms with Gasteiger partial charge in [0.05, 0.1) is 0 Å². The van der Waals surface area contributed by atoms with E-state index >= 15 is 0 Å². The van der Waals surface area contributed by atoms with Gasteiger partial charge in [-0.1, -0.05) is 6.07 Å². The summed E-state index contributed by atoms with van der Waals surface area (Å²) in [6, 6.07) is 6.39. The van der Waals surface area contributed by atoms with Gasteiger partial charge in [-0.2, -0.15) is 13.2 Å². The molecule has 0 bridgehead atoms. The highest BCUT2D eigenvalue weighted by Gasteiger charge is 2.45. The van der Waals surface area contributed by atoms with E-state index in [0.29, 0.717) is 0 Å². The highest BCUT2D eigenvalue weighted by Crippen LogP contribution is 2.28. The van der Waals surface area contributed by atoms with Crippen LogP contribution in [0.3, 0.4) is 0 Å². The lowest BCUT2D eigenvalue weighted by atomic mass is 10.1. The Balaban J connectivity index is 2.75. The molecule has 1 rings (SSSR count). The molecule has 0 aromatic heterocycles. The zero-order valence-corrected chi connectivity index (χ0v) is 10.4. The number of hydrogen-bond donors (Lipinski definition) is 1. The highest BCUT2D eigenvalue weighted by molar-refractivity contribution is 5.71. The Bertz CT molecular complexity index is 446. The van der Waals surface area contributed by atoms with Gasteiger partial charge in [-0.15, -0.1) is 0 Å². The first-order chi connectivity index (χ1) is 8.71. The Kier molecular flexibility index (Phi) is 4.63. The normalized spacial score (nSPS) is 12.9. The van der Waals surface area contributed by atoms with Crippen molar-refractivity contribution in [2.75, 3.05) is 25.6 Å². The Morgan fingerprint density at radius 1 is 1.42 bits per heavy atom. The van der Waals surface area contributed by atoms with Gasteiger partial charge in [-0.05, 0) is 12.1 Å². The summed E-state index contributed by atoms with van der Waals surface area (Å²) in [6.07, 6.45) is -4.83. The van der Waals surface area contributed by atoms with Gasteiger partial charge in [0, 0.05) is 25.8 Å². The lowest BCUT2D eigenvalue weighted by Crippen LogP contribution is -2.35. The number of alkyl halides is 3. The largest absolute Gasteiger partial charge is 0.492 e. The molecule has 0 fully saturated rings. The molecule has 0 aliphatic heterocycles. The standard InChI is InChI=1S/C12H14F3NO3/c1-16(2)8-4-3-5-9(6-8)19-7-10(11(17)18)12(13,14)15/h3-6,10H,7H2,1-2H3,(H,17,18). The van der Waals surface area contributed by atoms with E-state index in [-0.39, 0.29) is 5.75 Å². The Morgan fingerprint density at radius 2 is 2.05 bits per heavy atom. The number of carbonyl (C=O) groups is 1. The average molecular weight is 277 g/mol. The quantitative estimate of drug-likeness (QED) is 0.897. The zero-order chi connectivity index (χ0) is 14.6. The van der Waals surface area contributed by atoms with Gasteiger partial charge in [0.2, 0.25) is 0 Å². The summed E-state index contributed by atoms with van der Waals surface area (Å²) in [5, 5.41) is 8.52. The number of carboxylic acid groups (broad SMARTS) is 1. The van der Waals surface area contributed by atoms with E-state index in [9.17, 15) is 18.0 Å². The summed E-state index contributed by atoms with van der Waals surface area (Å²) >= 11 is 0. The van der Waals surface area contributed by atoms with Crippen molar-refractivity contribution in [3.8, 4) is 5.75 Å².